The third-order valence-corrected chi connectivity index (χ3v) is 3.48. The Morgan fingerprint density at radius 2 is 2.24 bits per heavy atom. The van der Waals surface area contributed by atoms with E-state index in [1.54, 1.807) is 0 Å². The number of aryl methyl sites for hydroxylation is 2. The predicted molar refractivity (Wildman–Crippen MR) is 66.0 cm³/mol. The van der Waals surface area contributed by atoms with Crippen LogP contribution >= 0.6 is 0 Å². The maximum Gasteiger partial charge on any atom is 0.257 e. The van der Waals surface area contributed by atoms with Crippen LogP contribution in [0.5, 0.6) is 0 Å². The van der Waals surface area contributed by atoms with Gasteiger partial charge in [-0.2, -0.15) is 5.10 Å². The molecule has 17 heavy (non-hydrogen) atoms. The van der Waals surface area contributed by atoms with E-state index in [9.17, 15) is 4.79 Å². The van der Waals surface area contributed by atoms with E-state index in [4.69, 9.17) is 0 Å². The normalized spacial score (nSPS) is 20.3. The third kappa shape index (κ3) is 2.34. The van der Waals surface area contributed by atoms with E-state index in [2.05, 4.69) is 15.5 Å². The Bertz CT molecular complexity index is 387. The number of nitrogens with zero attached hydrogens (tertiary/aromatic N) is 2. The zero-order valence-electron chi connectivity index (χ0n) is 10.7. The van der Waals surface area contributed by atoms with E-state index >= 15 is 0 Å². The molecule has 1 atom stereocenters. The highest BCUT2D eigenvalue weighted by Gasteiger charge is 2.25. The highest BCUT2D eigenvalue weighted by atomic mass is 16.2. The minimum atomic E-state index is 0.0717. The lowest BCUT2D eigenvalue weighted by atomic mass is 10.0. The number of carbonyl (C=O) groups excluding carboxylic acids is 1. The molecule has 1 aliphatic rings. The number of hydrogen-bond acceptors (Lipinski definition) is 3. The summed E-state index contributed by atoms with van der Waals surface area (Å²) < 4.78 is 0. The van der Waals surface area contributed by atoms with E-state index < -0.39 is 0 Å². The van der Waals surface area contributed by atoms with Gasteiger partial charge in [-0.15, -0.1) is 0 Å². The van der Waals surface area contributed by atoms with Gasteiger partial charge in [0.1, 0.15) is 0 Å². The van der Waals surface area contributed by atoms with Gasteiger partial charge in [-0.3, -0.25) is 9.89 Å². The van der Waals surface area contributed by atoms with Crippen molar-refractivity contribution in [1.29, 1.82) is 0 Å². The summed E-state index contributed by atoms with van der Waals surface area (Å²) in [7, 11) is 1.88. The third-order valence-electron chi connectivity index (χ3n) is 3.48. The second kappa shape index (κ2) is 4.87. The van der Waals surface area contributed by atoms with Crippen molar-refractivity contribution in [1.82, 2.24) is 20.4 Å². The second-order valence-electron chi connectivity index (χ2n) is 4.73. The number of hydrogen-bond donors (Lipinski definition) is 2. The fraction of sp³-hybridized carbons (Fsp3) is 0.667. The van der Waals surface area contributed by atoms with Gasteiger partial charge in [0.25, 0.3) is 5.91 Å². The first kappa shape index (κ1) is 12.1. The van der Waals surface area contributed by atoms with Crippen molar-refractivity contribution in [3.05, 3.63) is 17.0 Å². The highest BCUT2D eigenvalue weighted by Crippen LogP contribution is 2.16. The number of piperidine rings is 1. The zero-order valence-corrected chi connectivity index (χ0v) is 10.7. The van der Waals surface area contributed by atoms with E-state index in [-0.39, 0.29) is 5.91 Å². The summed E-state index contributed by atoms with van der Waals surface area (Å²) in [4.78, 5) is 14.2. The SMILES string of the molecule is Cc1n[nH]c(C)c1C(=O)N(C)C1CCCNC1. The molecule has 2 heterocycles. The van der Waals surface area contributed by atoms with Gasteiger partial charge in [0.05, 0.1) is 11.3 Å². The molecule has 2 N–H and O–H groups in total. The van der Waals surface area contributed by atoms with Crippen molar-refractivity contribution < 1.29 is 4.79 Å². The smallest absolute Gasteiger partial charge is 0.257 e. The molecule has 1 saturated heterocycles. The van der Waals surface area contributed by atoms with Crippen molar-refractivity contribution in [3.63, 3.8) is 0 Å². The summed E-state index contributed by atoms with van der Waals surface area (Å²) in [6, 6.07) is 0.296. The molecule has 0 aliphatic carbocycles. The van der Waals surface area contributed by atoms with Crippen molar-refractivity contribution in [2.75, 3.05) is 20.1 Å². The van der Waals surface area contributed by atoms with Crippen molar-refractivity contribution in [3.8, 4) is 0 Å². The topological polar surface area (TPSA) is 61.0 Å². The van der Waals surface area contributed by atoms with Crippen LogP contribution in [-0.4, -0.2) is 47.2 Å². The van der Waals surface area contributed by atoms with Crippen molar-refractivity contribution in [2.45, 2.75) is 32.7 Å². The minimum absolute atomic E-state index is 0.0717. The van der Waals surface area contributed by atoms with E-state index in [1.807, 2.05) is 25.8 Å². The lowest BCUT2D eigenvalue weighted by Gasteiger charge is -2.31. The van der Waals surface area contributed by atoms with Crippen LogP contribution in [0.4, 0.5) is 0 Å². The summed E-state index contributed by atoms with van der Waals surface area (Å²) in [5, 5.41) is 10.3. The number of H-pyrrole nitrogens is 1. The number of carbonyl (C=O) groups is 1. The molecular formula is C12H20N4O. The van der Waals surface area contributed by atoms with Gasteiger partial charge in [0, 0.05) is 25.3 Å². The predicted octanol–water partition coefficient (Wildman–Crippen LogP) is 0.851. The van der Waals surface area contributed by atoms with Gasteiger partial charge in [-0.25, -0.2) is 0 Å². The molecule has 2 rings (SSSR count). The number of amides is 1. The molecule has 1 amide bonds. The quantitative estimate of drug-likeness (QED) is 0.800. The molecule has 0 bridgehead atoms. The first-order valence-corrected chi connectivity index (χ1v) is 6.10. The molecule has 1 aliphatic heterocycles. The molecule has 5 heteroatoms. The fourth-order valence-electron chi connectivity index (χ4n) is 2.37. The second-order valence-corrected chi connectivity index (χ2v) is 4.73. The first-order chi connectivity index (χ1) is 8.11. The molecule has 0 spiro atoms. The number of aromatic amines is 1. The molecule has 1 unspecified atom stereocenters. The minimum Gasteiger partial charge on any atom is -0.337 e. The highest BCUT2D eigenvalue weighted by molar-refractivity contribution is 5.96. The first-order valence-electron chi connectivity index (χ1n) is 6.10. The average Bonchev–Trinajstić information content (AvgIpc) is 2.68. The number of nitrogens with one attached hydrogen (secondary N) is 2. The van der Waals surface area contributed by atoms with Crippen LogP contribution in [0.25, 0.3) is 0 Å². The summed E-state index contributed by atoms with van der Waals surface area (Å²) in [6.45, 7) is 5.70. The number of aromatic nitrogens is 2. The summed E-state index contributed by atoms with van der Waals surface area (Å²) in [5.74, 6) is 0.0717. The largest absolute Gasteiger partial charge is 0.337 e. The number of likely N-dealkylation sites (N-methyl/N-ethyl adjacent to an activating group) is 1. The van der Waals surface area contributed by atoms with Crippen LogP contribution in [0.15, 0.2) is 0 Å². The molecule has 5 nitrogen and oxygen atoms in total. The molecule has 0 saturated carbocycles. The maximum atomic E-state index is 12.4. The molecule has 1 aromatic heterocycles. The Hall–Kier alpha value is -1.36. The molecular weight excluding hydrogens is 216 g/mol. The standard InChI is InChI=1S/C12H20N4O/c1-8-11(9(2)15-14-8)12(17)16(3)10-5-4-6-13-7-10/h10,13H,4-7H2,1-3H3,(H,14,15). The Kier molecular flexibility index (Phi) is 3.47. The van der Waals surface area contributed by atoms with Gasteiger partial charge in [0.2, 0.25) is 0 Å². The molecule has 1 fully saturated rings. The lowest BCUT2D eigenvalue weighted by Crippen LogP contribution is -2.46. The molecule has 1 aromatic rings. The van der Waals surface area contributed by atoms with Gasteiger partial charge in [-0.1, -0.05) is 0 Å². The Balaban J connectivity index is 2.14. The van der Waals surface area contributed by atoms with Crippen LogP contribution < -0.4 is 5.32 Å². The Morgan fingerprint density at radius 1 is 1.47 bits per heavy atom. The molecule has 94 valence electrons. The Labute approximate surface area is 102 Å². The van der Waals surface area contributed by atoms with Gasteiger partial charge < -0.3 is 10.2 Å². The van der Waals surface area contributed by atoms with Crippen LogP contribution in [0.1, 0.15) is 34.6 Å². The van der Waals surface area contributed by atoms with E-state index in [1.165, 1.54) is 0 Å². The van der Waals surface area contributed by atoms with Crippen LogP contribution in [0.2, 0.25) is 0 Å². The maximum absolute atomic E-state index is 12.4. The van der Waals surface area contributed by atoms with Crippen molar-refractivity contribution in [2.24, 2.45) is 0 Å². The van der Waals surface area contributed by atoms with E-state index in [0.717, 1.165) is 42.9 Å². The average molecular weight is 236 g/mol. The van der Waals surface area contributed by atoms with Crippen molar-refractivity contribution >= 4 is 5.91 Å². The van der Waals surface area contributed by atoms with Crippen LogP contribution in [0.3, 0.4) is 0 Å². The Morgan fingerprint density at radius 3 is 2.76 bits per heavy atom. The number of rotatable bonds is 2. The fourth-order valence-corrected chi connectivity index (χ4v) is 2.37. The van der Waals surface area contributed by atoms with Crippen LogP contribution in [0, 0.1) is 13.8 Å². The lowest BCUT2D eigenvalue weighted by molar-refractivity contribution is 0.0707. The van der Waals surface area contributed by atoms with Gasteiger partial charge >= 0.3 is 0 Å². The summed E-state index contributed by atoms with van der Waals surface area (Å²) >= 11 is 0. The van der Waals surface area contributed by atoms with E-state index in [0.29, 0.717) is 6.04 Å². The van der Waals surface area contributed by atoms with Gasteiger partial charge in [-0.05, 0) is 33.2 Å². The van der Waals surface area contributed by atoms with Gasteiger partial charge in [0.15, 0.2) is 0 Å². The summed E-state index contributed by atoms with van der Waals surface area (Å²) in [5.41, 5.74) is 2.35. The summed E-state index contributed by atoms with van der Waals surface area (Å²) in [6.07, 6.45) is 2.21. The molecule has 0 aromatic carbocycles. The molecule has 0 radical (unpaired) electrons. The zero-order chi connectivity index (χ0) is 12.4. The van der Waals surface area contributed by atoms with Crippen LogP contribution in [-0.2, 0) is 0 Å². The monoisotopic (exact) mass is 236 g/mol.